The van der Waals surface area contributed by atoms with Crippen LogP contribution in [-0.2, 0) is 0 Å². The molecule has 0 saturated heterocycles. The first kappa shape index (κ1) is 9.89. The number of allylic oxidation sites excluding steroid dienone is 2. The zero-order chi connectivity index (χ0) is 10.1. The molecule has 0 radical (unpaired) electrons. The van der Waals surface area contributed by atoms with Crippen molar-refractivity contribution in [1.29, 1.82) is 0 Å². The molecule has 0 aromatic rings. The van der Waals surface area contributed by atoms with Gasteiger partial charge in [-0.1, -0.05) is 31.4 Å². The molecule has 0 amide bonds. The molecule has 0 aromatic carbocycles. The summed E-state index contributed by atoms with van der Waals surface area (Å²) in [4.78, 5) is 0. The molecule has 3 rings (SSSR count). The maximum atomic E-state index is 3.81. The Labute approximate surface area is 93.3 Å². The van der Waals surface area contributed by atoms with E-state index in [4.69, 9.17) is 0 Å². The van der Waals surface area contributed by atoms with Gasteiger partial charge in [-0.3, -0.25) is 0 Å². The fourth-order valence-electron chi connectivity index (χ4n) is 3.75. The molecule has 1 nitrogen and oxygen atoms in total. The predicted molar refractivity (Wildman–Crippen MR) is 63.7 cm³/mol. The summed E-state index contributed by atoms with van der Waals surface area (Å²) < 4.78 is 0. The second-order valence-electron chi connectivity index (χ2n) is 5.78. The van der Waals surface area contributed by atoms with E-state index in [0.29, 0.717) is 0 Å². The van der Waals surface area contributed by atoms with Crippen LogP contribution in [0.25, 0.3) is 0 Å². The van der Waals surface area contributed by atoms with Gasteiger partial charge in [-0.15, -0.1) is 0 Å². The Morgan fingerprint density at radius 2 is 1.87 bits per heavy atom. The Kier molecular flexibility index (Phi) is 2.83. The largest absolute Gasteiger partial charge is 0.314 e. The van der Waals surface area contributed by atoms with Gasteiger partial charge >= 0.3 is 0 Å². The quantitative estimate of drug-likeness (QED) is 0.698. The highest BCUT2D eigenvalue weighted by molar-refractivity contribution is 5.10. The summed E-state index contributed by atoms with van der Waals surface area (Å²) in [6.45, 7) is 1.29. The molecule has 1 N–H and O–H groups in total. The van der Waals surface area contributed by atoms with E-state index in [2.05, 4.69) is 17.5 Å². The van der Waals surface area contributed by atoms with Gasteiger partial charge in [0.05, 0.1) is 0 Å². The van der Waals surface area contributed by atoms with Crippen molar-refractivity contribution in [2.24, 2.45) is 17.8 Å². The van der Waals surface area contributed by atoms with Gasteiger partial charge < -0.3 is 5.32 Å². The van der Waals surface area contributed by atoms with Crippen LogP contribution in [0.15, 0.2) is 12.2 Å². The van der Waals surface area contributed by atoms with Gasteiger partial charge in [-0.2, -0.15) is 0 Å². The Balaban J connectivity index is 1.44. The van der Waals surface area contributed by atoms with E-state index in [-0.39, 0.29) is 0 Å². The molecule has 0 aromatic heterocycles. The SMILES string of the molecule is C1=CC2CC1CC2CNC1CCCCC1. The first-order valence-corrected chi connectivity index (χ1v) is 6.83. The standard InChI is InChI=1S/C14H23N/c1-2-4-14(5-3-1)15-10-13-9-11-6-7-12(13)8-11/h6-7,11-15H,1-5,8-10H2. The normalized spacial score (nSPS) is 40.1. The van der Waals surface area contributed by atoms with Crippen molar-refractivity contribution in [1.82, 2.24) is 5.32 Å². The zero-order valence-electron chi connectivity index (χ0n) is 9.62. The zero-order valence-corrected chi connectivity index (χ0v) is 9.62. The van der Waals surface area contributed by atoms with E-state index in [1.807, 2.05) is 0 Å². The number of nitrogens with one attached hydrogen (secondary N) is 1. The smallest absolute Gasteiger partial charge is 0.00671 e. The average Bonchev–Trinajstić information content (AvgIpc) is 2.89. The van der Waals surface area contributed by atoms with E-state index in [1.165, 1.54) is 51.5 Å². The molecular formula is C14H23N. The van der Waals surface area contributed by atoms with Crippen LogP contribution in [0.2, 0.25) is 0 Å². The fraction of sp³-hybridized carbons (Fsp3) is 0.857. The molecule has 84 valence electrons. The minimum atomic E-state index is 0.849. The van der Waals surface area contributed by atoms with Crippen LogP contribution < -0.4 is 5.32 Å². The number of hydrogen-bond donors (Lipinski definition) is 1. The van der Waals surface area contributed by atoms with Crippen molar-refractivity contribution in [3.63, 3.8) is 0 Å². The molecule has 1 heteroatoms. The summed E-state index contributed by atoms with van der Waals surface area (Å²) >= 11 is 0. The van der Waals surface area contributed by atoms with Crippen LogP contribution in [0, 0.1) is 17.8 Å². The lowest BCUT2D eigenvalue weighted by atomic mass is 9.91. The minimum Gasteiger partial charge on any atom is -0.314 e. The molecule has 15 heavy (non-hydrogen) atoms. The van der Waals surface area contributed by atoms with Crippen LogP contribution in [-0.4, -0.2) is 12.6 Å². The molecule has 3 atom stereocenters. The maximum Gasteiger partial charge on any atom is 0.00671 e. The van der Waals surface area contributed by atoms with Gasteiger partial charge in [0.2, 0.25) is 0 Å². The predicted octanol–water partition coefficient (Wildman–Crippen LogP) is 3.12. The van der Waals surface area contributed by atoms with E-state index < -0.39 is 0 Å². The van der Waals surface area contributed by atoms with E-state index in [9.17, 15) is 0 Å². The molecule has 0 heterocycles. The van der Waals surface area contributed by atoms with E-state index >= 15 is 0 Å². The van der Waals surface area contributed by atoms with E-state index in [0.717, 1.165) is 23.8 Å². The van der Waals surface area contributed by atoms with Gasteiger partial charge in [0.15, 0.2) is 0 Å². The highest BCUT2D eigenvalue weighted by Gasteiger charge is 2.35. The molecule has 3 aliphatic carbocycles. The Bertz CT molecular complexity index is 240. The summed E-state index contributed by atoms with van der Waals surface area (Å²) in [6, 6.07) is 0.849. The number of rotatable bonds is 3. The second kappa shape index (κ2) is 4.29. The third-order valence-electron chi connectivity index (χ3n) is 4.69. The monoisotopic (exact) mass is 205 g/mol. The fourth-order valence-corrected chi connectivity index (χ4v) is 3.75. The highest BCUT2D eigenvalue weighted by Crippen LogP contribution is 2.43. The third kappa shape index (κ3) is 2.13. The first-order chi connectivity index (χ1) is 7.42. The van der Waals surface area contributed by atoms with Gasteiger partial charge in [-0.25, -0.2) is 0 Å². The average molecular weight is 205 g/mol. The van der Waals surface area contributed by atoms with Crippen molar-refractivity contribution >= 4 is 0 Å². The lowest BCUT2D eigenvalue weighted by Gasteiger charge is -2.26. The third-order valence-corrected chi connectivity index (χ3v) is 4.69. The number of hydrogen-bond acceptors (Lipinski definition) is 1. The highest BCUT2D eigenvalue weighted by atomic mass is 14.9. The van der Waals surface area contributed by atoms with Crippen LogP contribution in [0.5, 0.6) is 0 Å². The molecule has 2 bridgehead atoms. The van der Waals surface area contributed by atoms with Crippen molar-refractivity contribution in [3.05, 3.63) is 12.2 Å². The molecular weight excluding hydrogens is 182 g/mol. The summed E-state index contributed by atoms with van der Waals surface area (Å²) in [6.07, 6.45) is 15.1. The van der Waals surface area contributed by atoms with Crippen molar-refractivity contribution in [2.45, 2.75) is 51.0 Å². The lowest BCUT2D eigenvalue weighted by molar-refractivity contribution is 0.328. The lowest BCUT2D eigenvalue weighted by Crippen LogP contribution is -2.35. The summed E-state index contributed by atoms with van der Waals surface area (Å²) in [5.41, 5.74) is 0. The minimum absolute atomic E-state index is 0.849. The van der Waals surface area contributed by atoms with Crippen molar-refractivity contribution in [3.8, 4) is 0 Å². The molecule has 0 aliphatic heterocycles. The van der Waals surface area contributed by atoms with E-state index in [1.54, 1.807) is 0 Å². The second-order valence-corrected chi connectivity index (χ2v) is 5.78. The van der Waals surface area contributed by atoms with Gasteiger partial charge in [0.25, 0.3) is 0 Å². The molecule has 2 fully saturated rings. The molecule has 2 saturated carbocycles. The Hall–Kier alpha value is -0.300. The maximum absolute atomic E-state index is 3.81. The van der Waals surface area contributed by atoms with Crippen molar-refractivity contribution < 1.29 is 0 Å². The first-order valence-electron chi connectivity index (χ1n) is 6.83. The van der Waals surface area contributed by atoms with Crippen LogP contribution in [0.1, 0.15) is 44.9 Å². The molecule has 3 unspecified atom stereocenters. The Morgan fingerprint density at radius 3 is 2.53 bits per heavy atom. The van der Waals surface area contributed by atoms with Crippen molar-refractivity contribution in [2.75, 3.05) is 6.54 Å². The van der Waals surface area contributed by atoms with Crippen LogP contribution in [0.4, 0.5) is 0 Å². The van der Waals surface area contributed by atoms with Crippen LogP contribution >= 0.6 is 0 Å². The van der Waals surface area contributed by atoms with Gasteiger partial charge in [0, 0.05) is 6.04 Å². The summed E-state index contributed by atoms with van der Waals surface area (Å²) in [5, 5.41) is 3.81. The van der Waals surface area contributed by atoms with Gasteiger partial charge in [0.1, 0.15) is 0 Å². The Morgan fingerprint density at radius 1 is 1.00 bits per heavy atom. The van der Waals surface area contributed by atoms with Gasteiger partial charge in [-0.05, 0) is 50.0 Å². The number of fused-ring (bicyclic) bond motifs is 2. The van der Waals surface area contributed by atoms with Crippen LogP contribution in [0.3, 0.4) is 0 Å². The molecule has 3 aliphatic rings. The summed E-state index contributed by atoms with van der Waals surface area (Å²) in [5.74, 6) is 2.82. The summed E-state index contributed by atoms with van der Waals surface area (Å²) in [7, 11) is 0. The topological polar surface area (TPSA) is 12.0 Å². The molecule has 0 spiro atoms.